The number of nitrogens with zero attached hydrogens (tertiary/aromatic N) is 3. The van der Waals surface area contributed by atoms with Crippen LogP contribution in [0.3, 0.4) is 0 Å². The van der Waals surface area contributed by atoms with Gasteiger partial charge in [-0.3, -0.25) is 15.1 Å². The number of ether oxygens (including phenoxy) is 1. The first-order chi connectivity index (χ1) is 15.1. The van der Waals surface area contributed by atoms with E-state index in [2.05, 4.69) is 5.10 Å². The molecule has 1 aromatic rings. The molecule has 32 heavy (non-hydrogen) atoms. The normalized spacial score (nSPS) is 12.1. The van der Waals surface area contributed by atoms with Crippen LogP contribution in [0.1, 0.15) is 57.6 Å². The number of benzene rings is 1. The Hall–Kier alpha value is -3.11. The summed E-state index contributed by atoms with van der Waals surface area (Å²) in [7, 11) is 0. The number of nitro benzene ring substituents is 1. The standard InChI is InChI=1S/C21H28F3N3O5/c1-5-8-11-32-21(29)14(12-25-26(9-6-2)10-7-3)20(28)15-16(22)13(4)17(23)18(24)19(15)27(30)31/h12,28H,5-11H2,1-4H3. The van der Waals surface area contributed by atoms with Gasteiger partial charge in [0.05, 0.1) is 17.7 Å². The molecule has 0 radical (unpaired) electrons. The van der Waals surface area contributed by atoms with E-state index in [1.807, 2.05) is 20.8 Å². The molecule has 8 nitrogen and oxygen atoms in total. The molecule has 0 aliphatic carbocycles. The van der Waals surface area contributed by atoms with Gasteiger partial charge >= 0.3 is 11.7 Å². The summed E-state index contributed by atoms with van der Waals surface area (Å²) < 4.78 is 48.0. The van der Waals surface area contributed by atoms with E-state index < -0.39 is 56.5 Å². The summed E-state index contributed by atoms with van der Waals surface area (Å²) in [5, 5.41) is 27.7. The third-order valence-electron chi connectivity index (χ3n) is 4.45. The third kappa shape index (κ3) is 6.44. The van der Waals surface area contributed by atoms with Crippen LogP contribution in [0.5, 0.6) is 0 Å². The number of unbranched alkanes of at least 4 members (excludes halogenated alkanes) is 1. The summed E-state index contributed by atoms with van der Waals surface area (Å²) in [5.41, 5.74) is -4.48. The van der Waals surface area contributed by atoms with E-state index in [9.17, 15) is 33.2 Å². The highest BCUT2D eigenvalue weighted by Crippen LogP contribution is 2.35. The summed E-state index contributed by atoms with van der Waals surface area (Å²) in [4.78, 5) is 22.6. The number of aliphatic hydroxyl groups is 1. The Kier molecular flexibility index (Phi) is 10.7. The van der Waals surface area contributed by atoms with Gasteiger partial charge in [-0.25, -0.2) is 13.6 Å². The van der Waals surface area contributed by atoms with Gasteiger partial charge in [-0.05, 0) is 26.2 Å². The van der Waals surface area contributed by atoms with Crippen molar-refractivity contribution in [1.82, 2.24) is 5.01 Å². The van der Waals surface area contributed by atoms with E-state index in [-0.39, 0.29) is 6.61 Å². The van der Waals surface area contributed by atoms with E-state index in [1.165, 1.54) is 0 Å². The number of rotatable bonds is 12. The minimum Gasteiger partial charge on any atom is -0.506 e. The summed E-state index contributed by atoms with van der Waals surface area (Å²) in [6.45, 7) is 7.47. The molecule has 0 spiro atoms. The number of esters is 1. The quantitative estimate of drug-likeness (QED) is 0.0686. The molecule has 11 heteroatoms. The second-order valence-corrected chi connectivity index (χ2v) is 7.00. The van der Waals surface area contributed by atoms with E-state index in [1.54, 1.807) is 5.01 Å². The van der Waals surface area contributed by atoms with E-state index in [0.29, 0.717) is 38.8 Å². The van der Waals surface area contributed by atoms with Gasteiger partial charge in [0.15, 0.2) is 5.82 Å². The maximum absolute atomic E-state index is 14.8. The molecule has 0 amide bonds. The average Bonchev–Trinajstić information content (AvgIpc) is 2.74. The minimum absolute atomic E-state index is 0.0328. The lowest BCUT2D eigenvalue weighted by Gasteiger charge is -2.17. The first kappa shape index (κ1) is 26.9. The van der Waals surface area contributed by atoms with Gasteiger partial charge in [0.1, 0.15) is 22.7 Å². The van der Waals surface area contributed by atoms with Gasteiger partial charge in [-0.15, -0.1) is 0 Å². The van der Waals surface area contributed by atoms with Crippen LogP contribution in [0.2, 0.25) is 0 Å². The van der Waals surface area contributed by atoms with E-state index in [0.717, 1.165) is 13.1 Å². The van der Waals surface area contributed by atoms with Crippen molar-refractivity contribution in [3.05, 3.63) is 44.3 Å². The highest BCUT2D eigenvalue weighted by Gasteiger charge is 2.35. The van der Waals surface area contributed by atoms with Crippen LogP contribution >= 0.6 is 0 Å². The van der Waals surface area contributed by atoms with Crippen LogP contribution in [0.4, 0.5) is 18.9 Å². The van der Waals surface area contributed by atoms with Crippen molar-refractivity contribution >= 4 is 23.6 Å². The molecular weight excluding hydrogens is 431 g/mol. The van der Waals surface area contributed by atoms with Crippen molar-refractivity contribution in [3.8, 4) is 0 Å². The number of aliphatic hydroxyl groups excluding tert-OH is 1. The molecular formula is C21H28F3N3O5. The Labute approximate surface area is 184 Å². The SMILES string of the molecule is CCCCOC(=O)C(C=NN(CCC)CCC)=C(O)c1c(F)c(C)c(F)c(F)c1[N+](=O)[O-]. The van der Waals surface area contributed by atoms with Crippen molar-refractivity contribution in [2.45, 2.75) is 53.4 Å². The molecule has 0 saturated carbocycles. The van der Waals surface area contributed by atoms with Crippen LogP contribution in [0, 0.1) is 34.5 Å². The number of hydrogen-bond acceptors (Lipinski definition) is 7. The van der Waals surface area contributed by atoms with Crippen LogP contribution in [-0.4, -0.2) is 46.9 Å². The zero-order valence-electron chi connectivity index (χ0n) is 18.6. The van der Waals surface area contributed by atoms with Gasteiger partial charge in [-0.2, -0.15) is 9.49 Å². The smallest absolute Gasteiger partial charge is 0.343 e. The molecule has 0 aliphatic rings. The van der Waals surface area contributed by atoms with Crippen molar-refractivity contribution < 1.29 is 32.7 Å². The topological polar surface area (TPSA) is 105 Å². The molecule has 0 aromatic heterocycles. The van der Waals surface area contributed by atoms with Gasteiger partial charge in [0.25, 0.3) is 0 Å². The second kappa shape index (κ2) is 12.7. The molecule has 0 fully saturated rings. The number of halogens is 3. The predicted octanol–water partition coefficient (Wildman–Crippen LogP) is 5.04. The number of hydrogen-bond donors (Lipinski definition) is 1. The zero-order valence-corrected chi connectivity index (χ0v) is 18.6. The Bertz CT molecular complexity index is 897. The maximum Gasteiger partial charge on any atom is 0.343 e. The molecule has 178 valence electrons. The first-order valence-electron chi connectivity index (χ1n) is 10.3. The van der Waals surface area contributed by atoms with Gasteiger partial charge in [0.2, 0.25) is 5.82 Å². The molecule has 0 aliphatic heterocycles. The predicted molar refractivity (Wildman–Crippen MR) is 114 cm³/mol. The number of nitro groups is 1. The highest BCUT2D eigenvalue weighted by molar-refractivity contribution is 6.15. The summed E-state index contributed by atoms with van der Waals surface area (Å²) in [6.07, 6.45) is 3.50. The van der Waals surface area contributed by atoms with E-state index in [4.69, 9.17) is 4.74 Å². The third-order valence-corrected chi connectivity index (χ3v) is 4.45. The molecule has 0 bridgehead atoms. The fraction of sp³-hybridized carbons (Fsp3) is 0.524. The summed E-state index contributed by atoms with van der Waals surface area (Å²) in [6, 6.07) is 0. The molecule has 1 N–H and O–H groups in total. The molecule has 0 saturated heterocycles. The first-order valence-corrected chi connectivity index (χ1v) is 10.3. The molecule has 0 unspecified atom stereocenters. The number of carbonyl (C=O) groups is 1. The van der Waals surface area contributed by atoms with Gasteiger partial charge in [-0.1, -0.05) is 27.2 Å². The highest BCUT2D eigenvalue weighted by atomic mass is 19.2. The van der Waals surface area contributed by atoms with E-state index >= 15 is 0 Å². The fourth-order valence-electron chi connectivity index (χ4n) is 2.77. The number of hydrazone groups is 1. The van der Waals surface area contributed by atoms with Crippen LogP contribution < -0.4 is 0 Å². The van der Waals surface area contributed by atoms with Crippen LogP contribution in [0.25, 0.3) is 5.76 Å². The zero-order chi connectivity index (χ0) is 24.4. The summed E-state index contributed by atoms with van der Waals surface area (Å²) in [5.74, 6) is -7.69. The number of carbonyl (C=O) groups excluding carboxylic acids is 1. The fourth-order valence-corrected chi connectivity index (χ4v) is 2.77. The molecule has 1 rings (SSSR count). The molecule has 0 atom stereocenters. The maximum atomic E-state index is 14.8. The van der Waals surface area contributed by atoms with Crippen LogP contribution in [-0.2, 0) is 9.53 Å². The molecule has 1 aromatic carbocycles. The lowest BCUT2D eigenvalue weighted by Crippen LogP contribution is -2.21. The Morgan fingerprint density at radius 2 is 1.72 bits per heavy atom. The van der Waals surface area contributed by atoms with Crippen molar-refractivity contribution in [1.29, 1.82) is 0 Å². The Morgan fingerprint density at radius 3 is 2.22 bits per heavy atom. The molecule has 0 heterocycles. The lowest BCUT2D eigenvalue weighted by atomic mass is 10.0. The van der Waals surface area contributed by atoms with Gasteiger partial charge in [0, 0.05) is 18.7 Å². The average molecular weight is 459 g/mol. The largest absolute Gasteiger partial charge is 0.506 e. The Morgan fingerprint density at radius 1 is 1.12 bits per heavy atom. The minimum atomic E-state index is -1.95. The van der Waals surface area contributed by atoms with Crippen molar-refractivity contribution in [3.63, 3.8) is 0 Å². The second-order valence-electron chi connectivity index (χ2n) is 7.00. The van der Waals surface area contributed by atoms with Crippen LogP contribution in [0.15, 0.2) is 10.7 Å². The monoisotopic (exact) mass is 459 g/mol. The van der Waals surface area contributed by atoms with Gasteiger partial charge < -0.3 is 9.84 Å². The Balaban J connectivity index is 3.74. The van der Waals surface area contributed by atoms with Crippen molar-refractivity contribution in [2.75, 3.05) is 19.7 Å². The lowest BCUT2D eigenvalue weighted by molar-refractivity contribution is -0.388. The van der Waals surface area contributed by atoms with Crippen molar-refractivity contribution in [2.24, 2.45) is 5.10 Å². The summed E-state index contributed by atoms with van der Waals surface area (Å²) >= 11 is 0.